The van der Waals surface area contributed by atoms with Crippen LogP contribution in [0.1, 0.15) is 25.2 Å². The first-order chi connectivity index (χ1) is 7.74. The maximum absolute atomic E-state index is 5.84. The smallest absolute Gasteiger partial charge is 0.201 e. The second-order valence-corrected chi connectivity index (χ2v) is 4.32. The van der Waals surface area contributed by atoms with Gasteiger partial charge in [0.2, 0.25) is 5.89 Å². The van der Waals surface area contributed by atoms with E-state index >= 15 is 0 Å². The van der Waals surface area contributed by atoms with Crippen LogP contribution in [-0.2, 0) is 4.74 Å². The summed E-state index contributed by atoms with van der Waals surface area (Å²) in [6.45, 7) is 2.75. The van der Waals surface area contributed by atoms with Crippen molar-refractivity contribution in [2.24, 2.45) is 0 Å². The molecule has 3 rings (SSSR count). The van der Waals surface area contributed by atoms with Gasteiger partial charge in [-0.1, -0.05) is 6.07 Å². The Labute approximate surface area is 93.4 Å². The molecule has 0 saturated carbocycles. The third-order valence-electron chi connectivity index (χ3n) is 3.01. The SMILES string of the molecule is CC1CC(c2nc3c(N)cccc3o2)CO1. The average molecular weight is 218 g/mol. The number of para-hydroxylation sites is 1. The molecule has 2 atom stereocenters. The first-order valence-corrected chi connectivity index (χ1v) is 5.50. The minimum absolute atomic E-state index is 0.266. The maximum atomic E-state index is 5.84. The molecule has 84 valence electrons. The summed E-state index contributed by atoms with van der Waals surface area (Å²) < 4.78 is 11.2. The van der Waals surface area contributed by atoms with Crippen molar-refractivity contribution in [2.45, 2.75) is 25.4 Å². The van der Waals surface area contributed by atoms with Crippen molar-refractivity contribution in [3.8, 4) is 0 Å². The van der Waals surface area contributed by atoms with E-state index in [-0.39, 0.29) is 12.0 Å². The standard InChI is InChI=1S/C12H14N2O2/c1-7-5-8(6-15-7)12-14-11-9(13)3-2-4-10(11)16-12/h2-4,7-8H,5-6,13H2,1H3. The van der Waals surface area contributed by atoms with Crippen molar-refractivity contribution in [3.63, 3.8) is 0 Å². The van der Waals surface area contributed by atoms with Gasteiger partial charge in [-0.2, -0.15) is 0 Å². The molecule has 1 fully saturated rings. The molecule has 0 bridgehead atoms. The van der Waals surface area contributed by atoms with Crippen molar-refractivity contribution >= 4 is 16.8 Å². The monoisotopic (exact) mass is 218 g/mol. The Bertz CT molecular complexity index is 521. The first-order valence-electron chi connectivity index (χ1n) is 5.50. The minimum atomic E-state index is 0.266. The van der Waals surface area contributed by atoms with E-state index in [0.717, 1.165) is 23.4 Å². The quantitative estimate of drug-likeness (QED) is 0.746. The van der Waals surface area contributed by atoms with Crippen LogP contribution in [0.3, 0.4) is 0 Å². The Hall–Kier alpha value is -1.55. The van der Waals surface area contributed by atoms with Gasteiger partial charge in [0.25, 0.3) is 0 Å². The Balaban J connectivity index is 2.02. The van der Waals surface area contributed by atoms with Gasteiger partial charge in [0.1, 0.15) is 5.52 Å². The molecule has 4 nitrogen and oxygen atoms in total. The molecule has 1 aromatic carbocycles. The highest BCUT2D eigenvalue weighted by molar-refractivity contribution is 5.85. The number of hydrogen-bond donors (Lipinski definition) is 1. The van der Waals surface area contributed by atoms with Gasteiger partial charge in [0.05, 0.1) is 24.3 Å². The van der Waals surface area contributed by atoms with E-state index in [2.05, 4.69) is 11.9 Å². The van der Waals surface area contributed by atoms with Crippen molar-refractivity contribution in [1.29, 1.82) is 0 Å². The highest BCUT2D eigenvalue weighted by Crippen LogP contribution is 2.31. The zero-order chi connectivity index (χ0) is 11.1. The molecule has 2 unspecified atom stereocenters. The molecule has 2 aromatic rings. The zero-order valence-electron chi connectivity index (χ0n) is 9.14. The molecule has 0 aliphatic carbocycles. The molecule has 0 radical (unpaired) electrons. The van der Waals surface area contributed by atoms with E-state index < -0.39 is 0 Å². The Kier molecular flexibility index (Phi) is 2.11. The summed E-state index contributed by atoms with van der Waals surface area (Å²) in [4.78, 5) is 4.46. The number of nitrogen functional groups attached to an aromatic ring is 1. The number of ether oxygens (including phenoxy) is 1. The fraction of sp³-hybridized carbons (Fsp3) is 0.417. The van der Waals surface area contributed by atoms with Crippen LogP contribution >= 0.6 is 0 Å². The number of fused-ring (bicyclic) bond motifs is 1. The summed E-state index contributed by atoms with van der Waals surface area (Å²) in [7, 11) is 0. The van der Waals surface area contributed by atoms with Crippen LogP contribution in [0.25, 0.3) is 11.1 Å². The van der Waals surface area contributed by atoms with E-state index in [4.69, 9.17) is 14.9 Å². The minimum Gasteiger partial charge on any atom is -0.440 e. The number of aromatic nitrogens is 1. The van der Waals surface area contributed by atoms with Gasteiger partial charge in [-0.25, -0.2) is 4.98 Å². The lowest BCUT2D eigenvalue weighted by Gasteiger charge is -1.99. The molecule has 1 aliphatic heterocycles. The third-order valence-corrected chi connectivity index (χ3v) is 3.01. The van der Waals surface area contributed by atoms with Crippen LogP contribution in [0, 0.1) is 0 Å². The van der Waals surface area contributed by atoms with Crippen LogP contribution in [0.5, 0.6) is 0 Å². The average Bonchev–Trinajstić information content (AvgIpc) is 2.84. The fourth-order valence-electron chi connectivity index (χ4n) is 2.15. The lowest BCUT2D eigenvalue weighted by atomic mass is 10.1. The molecule has 2 heterocycles. The van der Waals surface area contributed by atoms with Crippen LogP contribution < -0.4 is 5.73 Å². The van der Waals surface area contributed by atoms with E-state index in [1.807, 2.05) is 18.2 Å². The highest BCUT2D eigenvalue weighted by Gasteiger charge is 2.27. The Morgan fingerprint density at radius 3 is 3.00 bits per heavy atom. The zero-order valence-corrected chi connectivity index (χ0v) is 9.14. The van der Waals surface area contributed by atoms with E-state index in [1.54, 1.807) is 0 Å². The van der Waals surface area contributed by atoms with Gasteiger partial charge in [0, 0.05) is 0 Å². The summed E-state index contributed by atoms with van der Waals surface area (Å²) in [6, 6.07) is 5.60. The number of hydrogen-bond acceptors (Lipinski definition) is 4. The second kappa shape index (κ2) is 3.49. The topological polar surface area (TPSA) is 61.3 Å². The van der Waals surface area contributed by atoms with Gasteiger partial charge < -0.3 is 14.9 Å². The molecule has 0 amide bonds. The molecule has 1 aliphatic rings. The predicted molar refractivity (Wildman–Crippen MR) is 61.2 cm³/mol. The molecule has 1 saturated heterocycles. The summed E-state index contributed by atoms with van der Waals surface area (Å²) >= 11 is 0. The van der Waals surface area contributed by atoms with E-state index in [0.29, 0.717) is 12.3 Å². The first kappa shape index (κ1) is 9.66. The van der Waals surface area contributed by atoms with E-state index in [9.17, 15) is 0 Å². The molecular formula is C12H14N2O2. The van der Waals surface area contributed by atoms with Crippen LogP contribution in [-0.4, -0.2) is 17.7 Å². The van der Waals surface area contributed by atoms with Crippen LogP contribution in [0.4, 0.5) is 5.69 Å². The third kappa shape index (κ3) is 1.46. The van der Waals surface area contributed by atoms with Gasteiger partial charge in [-0.05, 0) is 25.5 Å². The van der Waals surface area contributed by atoms with Gasteiger partial charge in [-0.15, -0.1) is 0 Å². The van der Waals surface area contributed by atoms with E-state index in [1.165, 1.54) is 0 Å². The summed E-state index contributed by atoms with van der Waals surface area (Å²) in [5.74, 6) is 1.01. The second-order valence-electron chi connectivity index (χ2n) is 4.32. The van der Waals surface area contributed by atoms with Crippen molar-refractivity contribution in [2.75, 3.05) is 12.3 Å². The van der Waals surface area contributed by atoms with Crippen LogP contribution in [0.15, 0.2) is 22.6 Å². The van der Waals surface area contributed by atoms with Crippen molar-refractivity contribution in [1.82, 2.24) is 4.98 Å². The number of nitrogens with zero attached hydrogens (tertiary/aromatic N) is 1. The van der Waals surface area contributed by atoms with Crippen molar-refractivity contribution in [3.05, 3.63) is 24.1 Å². The molecule has 1 aromatic heterocycles. The number of benzene rings is 1. The highest BCUT2D eigenvalue weighted by atomic mass is 16.5. The number of oxazole rings is 1. The summed E-state index contributed by atoms with van der Waals surface area (Å²) in [5.41, 5.74) is 8.03. The van der Waals surface area contributed by atoms with Gasteiger partial charge in [-0.3, -0.25) is 0 Å². The van der Waals surface area contributed by atoms with Crippen molar-refractivity contribution < 1.29 is 9.15 Å². The maximum Gasteiger partial charge on any atom is 0.201 e. The van der Waals surface area contributed by atoms with Gasteiger partial charge >= 0.3 is 0 Å². The van der Waals surface area contributed by atoms with Gasteiger partial charge in [0.15, 0.2) is 5.58 Å². The normalized spacial score (nSPS) is 25.3. The Morgan fingerprint density at radius 2 is 2.31 bits per heavy atom. The number of nitrogens with two attached hydrogens (primary N) is 1. The van der Waals surface area contributed by atoms with Crippen LogP contribution in [0.2, 0.25) is 0 Å². The molecule has 2 N–H and O–H groups in total. The predicted octanol–water partition coefficient (Wildman–Crippen LogP) is 2.30. The number of rotatable bonds is 1. The largest absolute Gasteiger partial charge is 0.440 e. The lowest BCUT2D eigenvalue weighted by molar-refractivity contribution is 0.122. The summed E-state index contributed by atoms with van der Waals surface area (Å²) in [5, 5.41) is 0. The molecular weight excluding hydrogens is 204 g/mol. The molecule has 0 spiro atoms. The Morgan fingerprint density at radius 1 is 1.44 bits per heavy atom. The lowest BCUT2D eigenvalue weighted by Crippen LogP contribution is -1.98. The summed E-state index contributed by atoms with van der Waals surface area (Å²) in [6.07, 6.45) is 1.25. The molecule has 4 heteroatoms. The molecule has 16 heavy (non-hydrogen) atoms. The fourth-order valence-corrected chi connectivity index (χ4v) is 2.15. The number of anilines is 1.